The van der Waals surface area contributed by atoms with E-state index in [1.807, 2.05) is 0 Å². The molecular formula is C15H21NO4. The number of nitrogens with two attached hydrogens (primary N) is 1. The van der Waals surface area contributed by atoms with E-state index >= 15 is 0 Å². The third-order valence-electron chi connectivity index (χ3n) is 3.32. The molecule has 20 heavy (non-hydrogen) atoms. The molecule has 0 atom stereocenters. The van der Waals surface area contributed by atoms with E-state index in [2.05, 4.69) is 0 Å². The van der Waals surface area contributed by atoms with E-state index in [9.17, 15) is 4.79 Å². The highest BCUT2D eigenvalue weighted by Gasteiger charge is 2.18. The molecule has 2 N–H and O–H groups in total. The van der Waals surface area contributed by atoms with Gasteiger partial charge in [-0.05, 0) is 24.7 Å². The van der Waals surface area contributed by atoms with Gasteiger partial charge < -0.3 is 19.9 Å². The standard InChI is InChI=1S/C15H21NO4/c1-18-14-3-2-11(13(17)4-7-16)10-15(14)20-12-5-8-19-9-6-12/h2-3,10,12H,4-9,16H2,1H3. The molecule has 1 aromatic rings. The fourth-order valence-electron chi connectivity index (χ4n) is 2.19. The van der Waals surface area contributed by atoms with Gasteiger partial charge in [-0.15, -0.1) is 0 Å². The van der Waals surface area contributed by atoms with Crippen LogP contribution in [0.2, 0.25) is 0 Å². The van der Waals surface area contributed by atoms with Crippen molar-refractivity contribution < 1.29 is 19.0 Å². The van der Waals surface area contributed by atoms with Crippen molar-refractivity contribution in [1.29, 1.82) is 0 Å². The quantitative estimate of drug-likeness (QED) is 0.804. The Morgan fingerprint density at radius 3 is 2.75 bits per heavy atom. The first kappa shape index (κ1) is 14.8. The number of hydrogen-bond acceptors (Lipinski definition) is 5. The van der Waals surface area contributed by atoms with Crippen molar-refractivity contribution >= 4 is 5.78 Å². The molecule has 1 saturated heterocycles. The summed E-state index contributed by atoms with van der Waals surface area (Å²) in [6.45, 7) is 1.76. The van der Waals surface area contributed by atoms with Crippen LogP contribution >= 0.6 is 0 Å². The molecule has 1 aliphatic heterocycles. The van der Waals surface area contributed by atoms with E-state index in [-0.39, 0.29) is 11.9 Å². The first-order valence-electron chi connectivity index (χ1n) is 6.90. The molecule has 2 rings (SSSR count). The minimum atomic E-state index is 0.0204. The molecule has 1 fully saturated rings. The number of methoxy groups -OCH3 is 1. The van der Waals surface area contributed by atoms with Gasteiger partial charge in [0, 0.05) is 24.8 Å². The summed E-state index contributed by atoms with van der Waals surface area (Å²) in [5.41, 5.74) is 6.03. The van der Waals surface area contributed by atoms with Crippen LogP contribution in [0.4, 0.5) is 0 Å². The molecule has 0 saturated carbocycles. The van der Waals surface area contributed by atoms with E-state index in [4.69, 9.17) is 19.9 Å². The van der Waals surface area contributed by atoms with Crippen LogP contribution in [0.1, 0.15) is 29.6 Å². The first-order chi connectivity index (χ1) is 9.74. The third kappa shape index (κ3) is 3.71. The summed E-state index contributed by atoms with van der Waals surface area (Å²) in [5, 5.41) is 0. The predicted molar refractivity (Wildman–Crippen MR) is 75.5 cm³/mol. The van der Waals surface area contributed by atoms with Crippen molar-refractivity contribution in [3.05, 3.63) is 23.8 Å². The molecule has 5 heteroatoms. The highest BCUT2D eigenvalue weighted by atomic mass is 16.5. The number of benzene rings is 1. The van der Waals surface area contributed by atoms with E-state index in [1.54, 1.807) is 25.3 Å². The molecule has 110 valence electrons. The summed E-state index contributed by atoms with van der Waals surface area (Å²) >= 11 is 0. The molecular weight excluding hydrogens is 258 g/mol. The maximum atomic E-state index is 11.9. The van der Waals surface area contributed by atoms with Gasteiger partial charge in [-0.2, -0.15) is 0 Å². The lowest BCUT2D eigenvalue weighted by Gasteiger charge is -2.24. The van der Waals surface area contributed by atoms with Gasteiger partial charge in [0.25, 0.3) is 0 Å². The Labute approximate surface area is 119 Å². The van der Waals surface area contributed by atoms with Crippen LogP contribution in [0.5, 0.6) is 11.5 Å². The molecule has 0 aliphatic carbocycles. The SMILES string of the molecule is COc1ccc(C(=O)CCN)cc1OC1CCOCC1. The Morgan fingerprint density at radius 2 is 2.10 bits per heavy atom. The van der Waals surface area contributed by atoms with Gasteiger partial charge >= 0.3 is 0 Å². The highest BCUT2D eigenvalue weighted by Crippen LogP contribution is 2.30. The minimum absolute atomic E-state index is 0.0204. The highest BCUT2D eigenvalue weighted by molar-refractivity contribution is 5.96. The number of carbonyl (C=O) groups excluding carboxylic acids is 1. The molecule has 1 heterocycles. The molecule has 0 radical (unpaired) electrons. The Kier molecular flexibility index (Phi) is 5.38. The Balaban J connectivity index is 2.15. The van der Waals surface area contributed by atoms with Crippen LogP contribution in [0.25, 0.3) is 0 Å². The second kappa shape index (κ2) is 7.26. The normalized spacial score (nSPS) is 15.9. The van der Waals surface area contributed by atoms with Gasteiger partial charge in [0.15, 0.2) is 17.3 Å². The van der Waals surface area contributed by atoms with Crippen LogP contribution < -0.4 is 15.2 Å². The number of ether oxygens (including phenoxy) is 3. The fourth-order valence-corrected chi connectivity index (χ4v) is 2.19. The van der Waals surface area contributed by atoms with Crippen LogP contribution in [0, 0.1) is 0 Å². The summed E-state index contributed by atoms with van der Waals surface area (Å²) in [6, 6.07) is 5.25. The predicted octanol–water partition coefficient (Wildman–Crippen LogP) is 1.78. The minimum Gasteiger partial charge on any atom is -0.493 e. The van der Waals surface area contributed by atoms with E-state index in [0.29, 0.717) is 43.2 Å². The number of hydrogen-bond donors (Lipinski definition) is 1. The lowest BCUT2D eigenvalue weighted by Crippen LogP contribution is -2.26. The topological polar surface area (TPSA) is 70.8 Å². The number of ketones is 1. The van der Waals surface area contributed by atoms with Crippen molar-refractivity contribution in [3.63, 3.8) is 0 Å². The van der Waals surface area contributed by atoms with Crippen LogP contribution in [0.3, 0.4) is 0 Å². The molecule has 0 amide bonds. The van der Waals surface area contributed by atoms with Gasteiger partial charge in [0.1, 0.15) is 6.10 Å². The monoisotopic (exact) mass is 279 g/mol. The molecule has 0 unspecified atom stereocenters. The maximum absolute atomic E-state index is 11.9. The first-order valence-corrected chi connectivity index (χ1v) is 6.90. The zero-order valence-corrected chi connectivity index (χ0v) is 11.8. The Hall–Kier alpha value is -1.59. The molecule has 0 bridgehead atoms. The zero-order valence-electron chi connectivity index (χ0n) is 11.8. The average molecular weight is 279 g/mol. The molecule has 1 aromatic carbocycles. The summed E-state index contributed by atoms with van der Waals surface area (Å²) in [7, 11) is 1.59. The number of carbonyl (C=O) groups is 1. The lowest BCUT2D eigenvalue weighted by molar-refractivity contribution is 0.0245. The second-order valence-corrected chi connectivity index (χ2v) is 4.76. The molecule has 0 spiro atoms. The van der Waals surface area contributed by atoms with Crippen LogP contribution in [-0.2, 0) is 4.74 Å². The summed E-state index contributed by atoms with van der Waals surface area (Å²) < 4.78 is 16.6. The van der Waals surface area contributed by atoms with Crippen molar-refractivity contribution in [2.75, 3.05) is 26.9 Å². The van der Waals surface area contributed by atoms with Gasteiger partial charge in [-0.1, -0.05) is 0 Å². The van der Waals surface area contributed by atoms with Crippen molar-refractivity contribution in [2.45, 2.75) is 25.4 Å². The Bertz CT molecular complexity index is 455. The van der Waals surface area contributed by atoms with Gasteiger partial charge in [0.2, 0.25) is 0 Å². The van der Waals surface area contributed by atoms with Crippen LogP contribution in [0.15, 0.2) is 18.2 Å². The second-order valence-electron chi connectivity index (χ2n) is 4.76. The number of Topliss-reactive ketones (excluding diaryl/α,β-unsaturated/α-hetero) is 1. The zero-order chi connectivity index (χ0) is 14.4. The van der Waals surface area contributed by atoms with E-state index in [0.717, 1.165) is 12.8 Å². The van der Waals surface area contributed by atoms with Gasteiger partial charge in [-0.3, -0.25) is 4.79 Å². The van der Waals surface area contributed by atoms with Crippen molar-refractivity contribution in [2.24, 2.45) is 5.73 Å². The summed E-state index contributed by atoms with van der Waals surface area (Å²) in [5.74, 6) is 1.27. The molecule has 5 nitrogen and oxygen atoms in total. The van der Waals surface area contributed by atoms with Crippen molar-refractivity contribution in [1.82, 2.24) is 0 Å². The molecule has 1 aliphatic rings. The lowest BCUT2D eigenvalue weighted by atomic mass is 10.1. The Morgan fingerprint density at radius 1 is 1.35 bits per heavy atom. The maximum Gasteiger partial charge on any atom is 0.164 e. The van der Waals surface area contributed by atoms with Crippen molar-refractivity contribution in [3.8, 4) is 11.5 Å². The average Bonchev–Trinajstić information content (AvgIpc) is 2.48. The number of rotatable bonds is 6. The van der Waals surface area contributed by atoms with E-state index < -0.39 is 0 Å². The fraction of sp³-hybridized carbons (Fsp3) is 0.533. The summed E-state index contributed by atoms with van der Waals surface area (Å²) in [6.07, 6.45) is 2.15. The molecule has 0 aromatic heterocycles. The van der Waals surface area contributed by atoms with Crippen LogP contribution in [-0.4, -0.2) is 38.8 Å². The third-order valence-corrected chi connectivity index (χ3v) is 3.32. The van der Waals surface area contributed by atoms with Gasteiger partial charge in [-0.25, -0.2) is 0 Å². The smallest absolute Gasteiger partial charge is 0.164 e. The van der Waals surface area contributed by atoms with E-state index in [1.165, 1.54) is 0 Å². The summed E-state index contributed by atoms with van der Waals surface area (Å²) in [4.78, 5) is 11.9. The largest absolute Gasteiger partial charge is 0.493 e. The van der Waals surface area contributed by atoms with Gasteiger partial charge in [0.05, 0.1) is 20.3 Å².